The zero-order valence-electron chi connectivity index (χ0n) is 15.6. The Hall–Kier alpha value is -1.45. The Kier molecular flexibility index (Phi) is 10.4. The monoisotopic (exact) mass is 354 g/mol. The van der Waals surface area contributed by atoms with Gasteiger partial charge in [-0.3, -0.25) is 4.79 Å². The molecule has 0 aliphatic carbocycles. The number of unbranched alkanes of at least 4 members (excludes halogenated alkanes) is 7. The molecule has 0 saturated heterocycles. The third-order valence-corrected chi connectivity index (χ3v) is 4.87. The summed E-state index contributed by atoms with van der Waals surface area (Å²) in [5, 5.41) is 9.15. The summed E-state index contributed by atoms with van der Waals surface area (Å²) in [7, 11) is 0. The first-order chi connectivity index (χ1) is 12.0. The molecule has 4 heteroatoms. The molecule has 0 bridgehead atoms. The van der Waals surface area contributed by atoms with Gasteiger partial charge in [-0.15, -0.1) is 0 Å². The lowest BCUT2D eigenvalue weighted by molar-refractivity contribution is -0.141. The number of aliphatic carboxylic acids is 1. The molecule has 0 amide bonds. The largest absolute Gasteiger partial charge is 0.481 e. The highest BCUT2D eigenvalue weighted by molar-refractivity contribution is 5.69. The van der Waals surface area contributed by atoms with E-state index in [0.29, 0.717) is 12.0 Å². The Morgan fingerprint density at radius 1 is 1.04 bits per heavy atom. The number of benzene rings is 1. The Balaban J connectivity index is 2.53. The third kappa shape index (κ3) is 8.46. The van der Waals surface area contributed by atoms with Crippen molar-refractivity contribution in [3.05, 3.63) is 35.4 Å². The van der Waals surface area contributed by atoms with Crippen LogP contribution in [0.4, 0.5) is 8.78 Å². The zero-order valence-corrected chi connectivity index (χ0v) is 15.6. The molecule has 1 N–H and O–H groups in total. The van der Waals surface area contributed by atoms with Gasteiger partial charge in [-0.05, 0) is 30.4 Å². The average Bonchev–Trinajstić information content (AvgIpc) is 2.56. The maximum atomic E-state index is 14.1. The molecule has 0 aliphatic heterocycles. The van der Waals surface area contributed by atoms with E-state index in [1.807, 2.05) is 0 Å². The number of halogens is 2. The van der Waals surface area contributed by atoms with Gasteiger partial charge in [0.15, 0.2) is 0 Å². The van der Waals surface area contributed by atoms with E-state index in [1.54, 1.807) is 6.92 Å². The van der Waals surface area contributed by atoms with Gasteiger partial charge < -0.3 is 5.11 Å². The maximum Gasteiger partial charge on any atom is 0.306 e. The molecular weight excluding hydrogens is 322 g/mol. The van der Waals surface area contributed by atoms with Crippen LogP contribution in [-0.2, 0) is 4.79 Å². The van der Waals surface area contributed by atoms with E-state index in [0.717, 1.165) is 31.7 Å². The number of carbonyl (C=O) groups is 1. The van der Waals surface area contributed by atoms with E-state index in [1.165, 1.54) is 44.2 Å². The predicted molar refractivity (Wildman–Crippen MR) is 97.7 cm³/mol. The van der Waals surface area contributed by atoms with Crippen LogP contribution in [0.5, 0.6) is 0 Å². The molecule has 1 aromatic rings. The van der Waals surface area contributed by atoms with Gasteiger partial charge in [0.2, 0.25) is 0 Å². The van der Waals surface area contributed by atoms with Crippen LogP contribution in [0.3, 0.4) is 0 Å². The average molecular weight is 354 g/mol. The topological polar surface area (TPSA) is 37.3 Å². The van der Waals surface area contributed by atoms with Gasteiger partial charge >= 0.3 is 5.97 Å². The van der Waals surface area contributed by atoms with E-state index in [4.69, 9.17) is 5.11 Å². The number of carboxylic acids is 1. The summed E-state index contributed by atoms with van der Waals surface area (Å²) in [6.45, 7) is 3.84. The van der Waals surface area contributed by atoms with Crippen molar-refractivity contribution in [2.45, 2.75) is 84.0 Å². The Morgan fingerprint density at radius 2 is 1.64 bits per heavy atom. The van der Waals surface area contributed by atoms with Crippen LogP contribution >= 0.6 is 0 Å². The first kappa shape index (κ1) is 21.6. The van der Waals surface area contributed by atoms with Gasteiger partial charge in [-0.25, -0.2) is 8.78 Å². The molecule has 2 nitrogen and oxygen atoms in total. The fourth-order valence-electron chi connectivity index (χ4n) is 3.29. The summed E-state index contributed by atoms with van der Waals surface area (Å²) >= 11 is 0. The second kappa shape index (κ2) is 12.0. The molecule has 2 unspecified atom stereocenters. The van der Waals surface area contributed by atoms with Crippen LogP contribution < -0.4 is 0 Å². The molecule has 2 atom stereocenters. The highest BCUT2D eigenvalue weighted by Gasteiger charge is 2.22. The standard InChI is InChI=1S/C21H32F2O2/c1-3-4-5-6-7-8-9-10-11-17(14-16(2)21(24)25)19-13-12-18(22)15-20(19)23/h12-13,15-17H,3-11,14H2,1-2H3,(H,24,25). The van der Waals surface area contributed by atoms with Crippen molar-refractivity contribution in [3.63, 3.8) is 0 Å². The molecule has 0 fully saturated rings. The molecule has 0 saturated carbocycles. The van der Waals surface area contributed by atoms with Crippen molar-refractivity contribution in [1.29, 1.82) is 0 Å². The minimum absolute atomic E-state index is 0.174. The summed E-state index contributed by atoms with van der Waals surface area (Å²) in [6.07, 6.45) is 10.6. The summed E-state index contributed by atoms with van der Waals surface area (Å²) in [5.74, 6) is -2.75. The van der Waals surface area contributed by atoms with Crippen LogP contribution in [-0.4, -0.2) is 11.1 Å². The SMILES string of the molecule is CCCCCCCCCCC(CC(C)C(=O)O)c1ccc(F)cc1F. The smallest absolute Gasteiger partial charge is 0.306 e. The molecule has 0 heterocycles. The summed E-state index contributed by atoms with van der Waals surface area (Å²) in [4.78, 5) is 11.2. The molecule has 1 aromatic carbocycles. The third-order valence-electron chi connectivity index (χ3n) is 4.87. The van der Waals surface area contributed by atoms with Crippen molar-refractivity contribution in [2.75, 3.05) is 0 Å². The van der Waals surface area contributed by atoms with Crippen molar-refractivity contribution in [3.8, 4) is 0 Å². The molecular formula is C21H32F2O2. The first-order valence-corrected chi connectivity index (χ1v) is 9.63. The van der Waals surface area contributed by atoms with E-state index < -0.39 is 23.5 Å². The predicted octanol–water partition coefficient (Wildman–Crippen LogP) is 6.69. The normalized spacial score (nSPS) is 13.6. The second-order valence-electron chi connectivity index (χ2n) is 7.10. The Morgan fingerprint density at radius 3 is 2.20 bits per heavy atom. The molecule has 1 rings (SSSR count). The lowest BCUT2D eigenvalue weighted by Crippen LogP contribution is -2.15. The fraction of sp³-hybridized carbons (Fsp3) is 0.667. The van der Waals surface area contributed by atoms with Gasteiger partial charge in [0.25, 0.3) is 0 Å². The van der Waals surface area contributed by atoms with E-state index in [9.17, 15) is 13.6 Å². The Bertz CT molecular complexity index is 517. The van der Waals surface area contributed by atoms with Gasteiger partial charge in [0, 0.05) is 6.07 Å². The van der Waals surface area contributed by atoms with Crippen LogP contribution in [0.2, 0.25) is 0 Å². The van der Waals surface area contributed by atoms with Gasteiger partial charge in [0.05, 0.1) is 5.92 Å². The minimum Gasteiger partial charge on any atom is -0.481 e. The van der Waals surface area contributed by atoms with Gasteiger partial charge in [-0.2, -0.15) is 0 Å². The highest BCUT2D eigenvalue weighted by Crippen LogP contribution is 2.31. The number of rotatable bonds is 13. The summed E-state index contributed by atoms with van der Waals surface area (Å²) < 4.78 is 27.3. The summed E-state index contributed by atoms with van der Waals surface area (Å²) in [6, 6.07) is 3.61. The van der Waals surface area contributed by atoms with Crippen molar-refractivity contribution in [1.82, 2.24) is 0 Å². The van der Waals surface area contributed by atoms with E-state index in [-0.39, 0.29) is 5.92 Å². The molecule has 142 valence electrons. The van der Waals surface area contributed by atoms with Crippen LogP contribution in [0.25, 0.3) is 0 Å². The molecule has 0 aliphatic rings. The fourth-order valence-corrected chi connectivity index (χ4v) is 3.29. The second-order valence-corrected chi connectivity index (χ2v) is 7.10. The van der Waals surface area contributed by atoms with E-state index in [2.05, 4.69) is 6.92 Å². The molecule has 25 heavy (non-hydrogen) atoms. The van der Waals surface area contributed by atoms with Gasteiger partial charge in [0.1, 0.15) is 11.6 Å². The Labute approximate surface area is 150 Å². The van der Waals surface area contributed by atoms with Crippen LogP contribution in [0, 0.1) is 17.6 Å². The molecule has 0 radical (unpaired) electrons. The van der Waals surface area contributed by atoms with Crippen molar-refractivity contribution >= 4 is 5.97 Å². The maximum absolute atomic E-state index is 14.1. The number of hydrogen-bond donors (Lipinski definition) is 1. The lowest BCUT2D eigenvalue weighted by atomic mass is 9.85. The highest BCUT2D eigenvalue weighted by atomic mass is 19.1. The van der Waals surface area contributed by atoms with E-state index >= 15 is 0 Å². The quantitative estimate of drug-likeness (QED) is 0.401. The number of hydrogen-bond acceptors (Lipinski definition) is 1. The molecule has 0 aromatic heterocycles. The van der Waals surface area contributed by atoms with Crippen LogP contribution in [0.15, 0.2) is 18.2 Å². The van der Waals surface area contributed by atoms with Crippen LogP contribution in [0.1, 0.15) is 89.5 Å². The first-order valence-electron chi connectivity index (χ1n) is 9.63. The summed E-state index contributed by atoms with van der Waals surface area (Å²) in [5.41, 5.74) is 0.442. The van der Waals surface area contributed by atoms with Gasteiger partial charge in [-0.1, -0.05) is 71.3 Å². The molecule has 0 spiro atoms. The number of carboxylic acid groups (broad SMARTS) is 1. The lowest BCUT2D eigenvalue weighted by Gasteiger charge is -2.20. The van der Waals surface area contributed by atoms with Crippen molar-refractivity contribution < 1.29 is 18.7 Å². The zero-order chi connectivity index (χ0) is 18.7. The van der Waals surface area contributed by atoms with Crippen molar-refractivity contribution in [2.24, 2.45) is 5.92 Å². The minimum atomic E-state index is -0.872.